The average Bonchev–Trinajstić information content (AvgIpc) is 2.35. The van der Waals surface area contributed by atoms with Gasteiger partial charge in [-0.1, -0.05) is 46.2 Å². The number of benzene rings is 1. The summed E-state index contributed by atoms with van der Waals surface area (Å²) in [4.78, 5) is 11.3. The summed E-state index contributed by atoms with van der Waals surface area (Å²) < 4.78 is 26.9. The fourth-order valence-corrected chi connectivity index (χ4v) is 3.34. The van der Waals surface area contributed by atoms with E-state index < -0.39 is 27.4 Å². The van der Waals surface area contributed by atoms with Gasteiger partial charge < -0.3 is 5.11 Å². The molecule has 21 heavy (non-hydrogen) atoms. The van der Waals surface area contributed by atoms with Gasteiger partial charge in [0.2, 0.25) is 10.0 Å². The minimum absolute atomic E-state index is 0.0813. The number of carbonyl (C=O) groups is 1. The molecule has 118 valence electrons. The summed E-state index contributed by atoms with van der Waals surface area (Å²) in [5.74, 6) is -1.19. The minimum atomic E-state index is -3.85. The topological polar surface area (TPSA) is 83.5 Å². The second-order valence-electron chi connectivity index (χ2n) is 6.15. The first-order valence-corrected chi connectivity index (χ1v) is 8.40. The van der Waals surface area contributed by atoms with Crippen molar-refractivity contribution in [2.45, 2.75) is 51.5 Å². The third-order valence-electron chi connectivity index (χ3n) is 3.16. The van der Waals surface area contributed by atoms with Crippen molar-refractivity contribution < 1.29 is 18.3 Å². The first kappa shape index (κ1) is 17.7. The predicted molar refractivity (Wildman–Crippen MR) is 81.6 cm³/mol. The molecule has 1 aromatic carbocycles. The van der Waals surface area contributed by atoms with Crippen molar-refractivity contribution in [1.82, 2.24) is 4.72 Å². The van der Waals surface area contributed by atoms with Crippen LogP contribution in [-0.4, -0.2) is 25.5 Å². The molecule has 0 aliphatic heterocycles. The van der Waals surface area contributed by atoms with Crippen LogP contribution in [0, 0.1) is 5.41 Å². The van der Waals surface area contributed by atoms with Crippen LogP contribution in [0.1, 0.15) is 39.7 Å². The van der Waals surface area contributed by atoms with E-state index in [4.69, 9.17) is 0 Å². The number of sulfonamides is 1. The minimum Gasteiger partial charge on any atom is -0.480 e. The first-order chi connectivity index (χ1) is 9.58. The van der Waals surface area contributed by atoms with Crippen LogP contribution in [0.2, 0.25) is 0 Å². The van der Waals surface area contributed by atoms with Crippen molar-refractivity contribution in [2.75, 3.05) is 0 Å². The maximum Gasteiger partial charge on any atom is 0.322 e. The monoisotopic (exact) mass is 313 g/mol. The van der Waals surface area contributed by atoms with Crippen LogP contribution >= 0.6 is 0 Å². The van der Waals surface area contributed by atoms with E-state index in [0.717, 1.165) is 18.4 Å². The van der Waals surface area contributed by atoms with Gasteiger partial charge >= 0.3 is 5.97 Å². The molecule has 0 bridgehead atoms. The highest BCUT2D eigenvalue weighted by Gasteiger charge is 2.35. The van der Waals surface area contributed by atoms with E-state index in [1.807, 2.05) is 6.92 Å². The van der Waals surface area contributed by atoms with Crippen molar-refractivity contribution in [1.29, 1.82) is 0 Å². The van der Waals surface area contributed by atoms with Crippen molar-refractivity contribution >= 4 is 16.0 Å². The molecule has 0 aromatic heterocycles. The molecule has 1 atom stereocenters. The number of rotatable bonds is 6. The van der Waals surface area contributed by atoms with E-state index in [2.05, 4.69) is 4.72 Å². The summed E-state index contributed by atoms with van der Waals surface area (Å²) in [7, 11) is -3.85. The Hall–Kier alpha value is -1.40. The third-order valence-corrected chi connectivity index (χ3v) is 4.60. The van der Waals surface area contributed by atoms with Gasteiger partial charge in [-0.2, -0.15) is 4.72 Å². The molecule has 0 aliphatic rings. The highest BCUT2D eigenvalue weighted by molar-refractivity contribution is 7.89. The molecule has 0 aliphatic carbocycles. The number of carboxylic acid groups (broad SMARTS) is 1. The van der Waals surface area contributed by atoms with Crippen molar-refractivity contribution in [3.05, 3.63) is 29.8 Å². The van der Waals surface area contributed by atoms with Gasteiger partial charge in [-0.25, -0.2) is 8.42 Å². The van der Waals surface area contributed by atoms with Crippen LogP contribution in [0.25, 0.3) is 0 Å². The number of hydrogen-bond acceptors (Lipinski definition) is 3. The van der Waals surface area contributed by atoms with Crippen LogP contribution in [-0.2, 0) is 21.2 Å². The summed E-state index contributed by atoms with van der Waals surface area (Å²) in [6, 6.07) is 5.34. The van der Waals surface area contributed by atoms with Crippen molar-refractivity contribution in [3.8, 4) is 0 Å². The Labute approximate surface area is 126 Å². The fourth-order valence-electron chi connectivity index (χ4n) is 1.94. The molecule has 0 radical (unpaired) electrons. The first-order valence-electron chi connectivity index (χ1n) is 6.92. The van der Waals surface area contributed by atoms with E-state index in [1.54, 1.807) is 32.9 Å². The summed E-state index contributed by atoms with van der Waals surface area (Å²) in [5.41, 5.74) is 0.336. The lowest BCUT2D eigenvalue weighted by Gasteiger charge is -2.27. The highest BCUT2D eigenvalue weighted by Crippen LogP contribution is 2.22. The number of nitrogens with one attached hydrogen (secondary N) is 1. The van der Waals surface area contributed by atoms with E-state index >= 15 is 0 Å². The Morgan fingerprint density at radius 3 is 2.14 bits per heavy atom. The largest absolute Gasteiger partial charge is 0.480 e. The van der Waals surface area contributed by atoms with E-state index in [9.17, 15) is 18.3 Å². The normalized spacial score (nSPS) is 13.9. The maximum absolute atomic E-state index is 12.3. The van der Waals surface area contributed by atoms with Gasteiger partial charge in [-0.05, 0) is 29.5 Å². The molecule has 0 amide bonds. The lowest BCUT2D eigenvalue weighted by atomic mass is 9.88. The molecule has 2 N–H and O–H groups in total. The van der Waals surface area contributed by atoms with E-state index in [-0.39, 0.29) is 4.90 Å². The Morgan fingerprint density at radius 2 is 1.76 bits per heavy atom. The molecule has 1 rings (SSSR count). The third kappa shape index (κ3) is 4.82. The smallest absolute Gasteiger partial charge is 0.322 e. The molecule has 0 saturated heterocycles. The average molecular weight is 313 g/mol. The quantitative estimate of drug-likeness (QED) is 0.845. The van der Waals surface area contributed by atoms with Crippen LogP contribution in [0.5, 0.6) is 0 Å². The van der Waals surface area contributed by atoms with Gasteiger partial charge in [0.1, 0.15) is 6.04 Å². The van der Waals surface area contributed by atoms with Crippen LogP contribution < -0.4 is 4.72 Å². The van der Waals surface area contributed by atoms with Gasteiger partial charge in [0, 0.05) is 0 Å². The Morgan fingerprint density at radius 1 is 1.24 bits per heavy atom. The Bertz CT molecular complexity index is 585. The SMILES string of the molecule is CCCc1ccc(S(=O)(=O)N[C@@H](C(=O)O)C(C)(C)C)cc1. The number of aliphatic carboxylic acids is 1. The molecular formula is C15H23NO4S. The molecule has 0 saturated carbocycles. The molecule has 0 fully saturated rings. The summed E-state index contributed by atoms with van der Waals surface area (Å²) in [6.07, 6.45) is 1.86. The molecule has 1 aromatic rings. The van der Waals surface area contributed by atoms with Crippen LogP contribution in [0.3, 0.4) is 0 Å². The zero-order chi connectivity index (χ0) is 16.3. The maximum atomic E-state index is 12.3. The number of hydrogen-bond donors (Lipinski definition) is 2. The number of carboxylic acids is 1. The molecular weight excluding hydrogens is 290 g/mol. The Balaban J connectivity index is 3.02. The lowest BCUT2D eigenvalue weighted by Crippen LogP contribution is -2.48. The predicted octanol–water partition coefficient (Wildman–Crippen LogP) is 2.42. The second kappa shape index (κ2) is 6.58. The van der Waals surface area contributed by atoms with Gasteiger partial charge in [0.25, 0.3) is 0 Å². The highest BCUT2D eigenvalue weighted by atomic mass is 32.2. The number of aryl methyl sites for hydroxylation is 1. The zero-order valence-electron chi connectivity index (χ0n) is 12.9. The molecule has 6 heteroatoms. The van der Waals surface area contributed by atoms with Crippen molar-refractivity contribution in [3.63, 3.8) is 0 Å². The summed E-state index contributed by atoms with van der Waals surface area (Å²) >= 11 is 0. The van der Waals surface area contributed by atoms with E-state index in [0.29, 0.717) is 0 Å². The Kier molecular flexibility index (Phi) is 5.53. The summed E-state index contributed by atoms with van der Waals surface area (Å²) in [6.45, 7) is 7.09. The fraction of sp³-hybridized carbons (Fsp3) is 0.533. The van der Waals surface area contributed by atoms with Gasteiger partial charge in [-0.3, -0.25) is 4.79 Å². The van der Waals surface area contributed by atoms with Gasteiger partial charge in [0.15, 0.2) is 0 Å². The summed E-state index contributed by atoms with van der Waals surface area (Å²) in [5, 5.41) is 9.21. The van der Waals surface area contributed by atoms with Gasteiger partial charge in [-0.15, -0.1) is 0 Å². The van der Waals surface area contributed by atoms with E-state index in [1.165, 1.54) is 12.1 Å². The molecule has 0 unspecified atom stereocenters. The van der Waals surface area contributed by atoms with Crippen molar-refractivity contribution in [2.24, 2.45) is 5.41 Å². The standard InChI is InChI=1S/C15H23NO4S/c1-5-6-11-7-9-12(10-8-11)21(19,20)16-13(14(17)18)15(2,3)4/h7-10,13,16H,5-6H2,1-4H3,(H,17,18)/t13-/m0/s1. The van der Waals surface area contributed by atoms with Crippen LogP contribution in [0.4, 0.5) is 0 Å². The lowest BCUT2D eigenvalue weighted by molar-refractivity contribution is -0.141. The van der Waals surface area contributed by atoms with Crippen LogP contribution in [0.15, 0.2) is 29.2 Å². The van der Waals surface area contributed by atoms with Gasteiger partial charge in [0.05, 0.1) is 4.90 Å². The molecule has 0 spiro atoms. The zero-order valence-corrected chi connectivity index (χ0v) is 13.7. The second-order valence-corrected chi connectivity index (χ2v) is 7.87. The molecule has 5 nitrogen and oxygen atoms in total. The molecule has 0 heterocycles.